The van der Waals surface area contributed by atoms with E-state index in [1.807, 2.05) is 64.1 Å². The van der Waals surface area contributed by atoms with Crippen LogP contribution in [-0.4, -0.2) is 22.0 Å². The van der Waals surface area contributed by atoms with Gasteiger partial charge in [0.05, 0.1) is 18.5 Å². The van der Waals surface area contributed by atoms with Crippen LogP contribution in [0.15, 0.2) is 54.9 Å². The molecule has 3 rings (SSSR count). The van der Waals surface area contributed by atoms with E-state index < -0.39 is 0 Å². The van der Waals surface area contributed by atoms with Crippen LogP contribution in [0.4, 0.5) is 17.2 Å². The van der Waals surface area contributed by atoms with E-state index in [0.717, 1.165) is 28.3 Å². The maximum atomic E-state index is 12.4. The Kier molecular flexibility index (Phi) is 5.89. The van der Waals surface area contributed by atoms with Crippen molar-refractivity contribution >= 4 is 23.1 Å². The molecule has 2 aromatic carbocycles. The van der Waals surface area contributed by atoms with Gasteiger partial charge >= 0.3 is 0 Å². The summed E-state index contributed by atoms with van der Waals surface area (Å²) in [6.45, 7) is 7.95. The highest BCUT2D eigenvalue weighted by Gasteiger charge is 2.09. The average Bonchev–Trinajstić information content (AvgIpc) is 2.62. The SMILES string of the molecule is Cc1cc(C)cc(NC(=O)c2cnc(Nc3ccc(OC(C)C)cc3)cn2)c1. The number of hydrogen-bond acceptors (Lipinski definition) is 5. The van der Waals surface area contributed by atoms with E-state index in [9.17, 15) is 4.79 Å². The molecule has 0 radical (unpaired) electrons. The monoisotopic (exact) mass is 376 g/mol. The molecule has 1 amide bonds. The number of benzene rings is 2. The Morgan fingerprint density at radius 3 is 2.18 bits per heavy atom. The van der Waals surface area contributed by atoms with Crippen LogP contribution in [-0.2, 0) is 0 Å². The molecule has 1 heterocycles. The van der Waals surface area contributed by atoms with Crippen LogP contribution >= 0.6 is 0 Å². The predicted molar refractivity (Wildman–Crippen MR) is 111 cm³/mol. The van der Waals surface area contributed by atoms with Crippen molar-refractivity contribution in [2.24, 2.45) is 0 Å². The van der Waals surface area contributed by atoms with Crippen molar-refractivity contribution in [1.82, 2.24) is 9.97 Å². The number of carbonyl (C=O) groups excluding carboxylic acids is 1. The van der Waals surface area contributed by atoms with Gasteiger partial charge in [-0.2, -0.15) is 0 Å². The molecule has 0 aliphatic carbocycles. The van der Waals surface area contributed by atoms with Crippen LogP contribution in [0.25, 0.3) is 0 Å². The number of aromatic nitrogens is 2. The quantitative estimate of drug-likeness (QED) is 0.641. The Morgan fingerprint density at radius 1 is 0.929 bits per heavy atom. The van der Waals surface area contributed by atoms with E-state index in [2.05, 4.69) is 26.7 Å². The summed E-state index contributed by atoms with van der Waals surface area (Å²) in [6.07, 6.45) is 3.12. The van der Waals surface area contributed by atoms with Crippen molar-refractivity contribution in [2.45, 2.75) is 33.8 Å². The first-order valence-electron chi connectivity index (χ1n) is 9.14. The van der Waals surface area contributed by atoms with Crippen molar-refractivity contribution in [3.05, 3.63) is 71.7 Å². The largest absolute Gasteiger partial charge is 0.491 e. The number of carbonyl (C=O) groups is 1. The third kappa shape index (κ3) is 5.30. The number of rotatable bonds is 6. The molecule has 0 unspecified atom stereocenters. The summed E-state index contributed by atoms with van der Waals surface area (Å²) in [7, 11) is 0. The molecule has 28 heavy (non-hydrogen) atoms. The zero-order valence-electron chi connectivity index (χ0n) is 16.5. The van der Waals surface area contributed by atoms with Gasteiger partial charge in [0.1, 0.15) is 17.3 Å². The number of ether oxygens (including phenoxy) is 1. The van der Waals surface area contributed by atoms with E-state index in [1.54, 1.807) is 0 Å². The second kappa shape index (κ2) is 8.52. The minimum Gasteiger partial charge on any atom is -0.491 e. The molecule has 0 spiro atoms. The number of anilines is 3. The molecule has 6 nitrogen and oxygen atoms in total. The summed E-state index contributed by atoms with van der Waals surface area (Å²) < 4.78 is 5.62. The molecule has 0 saturated carbocycles. The molecule has 1 aromatic heterocycles. The lowest BCUT2D eigenvalue weighted by molar-refractivity contribution is 0.102. The third-order valence-corrected chi connectivity index (χ3v) is 3.86. The highest BCUT2D eigenvalue weighted by atomic mass is 16.5. The minimum atomic E-state index is -0.292. The molecule has 144 valence electrons. The second-order valence-electron chi connectivity index (χ2n) is 6.93. The number of nitrogens with one attached hydrogen (secondary N) is 2. The Labute approximate surface area is 165 Å². The fourth-order valence-electron chi connectivity index (χ4n) is 2.79. The number of hydrogen-bond donors (Lipinski definition) is 2. The van der Waals surface area contributed by atoms with Crippen molar-refractivity contribution in [1.29, 1.82) is 0 Å². The predicted octanol–water partition coefficient (Wildman–Crippen LogP) is 4.88. The number of nitrogens with zero attached hydrogens (tertiary/aromatic N) is 2. The van der Waals surface area contributed by atoms with E-state index in [4.69, 9.17) is 4.74 Å². The molecule has 2 N–H and O–H groups in total. The molecule has 0 aliphatic rings. The third-order valence-electron chi connectivity index (χ3n) is 3.86. The lowest BCUT2D eigenvalue weighted by Crippen LogP contribution is -2.14. The van der Waals surface area contributed by atoms with Gasteiger partial charge in [0.2, 0.25) is 0 Å². The van der Waals surface area contributed by atoms with Crippen LogP contribution in [0.3, 0.4) is 0 Å². The topological polar surface area (TPSA) is 76.1 Å². The van der Waals surface area contributed by atoms with E-state index in [0.29, 0.717) is 5.82 Å². The van der Waals surface area contributed by atoms with Crippen molar-refractivity contribution in [3.63, 3.8) is 0 Å². The highest BCUT2D eigenvalue weighted by molar-refractivity contribution is 6.02. The fourth-order valence-corrected chi connectivity index (χ4v) is 2.79. The molecule has 0 fully saturated rings. The molecule has 3 aromatic rings. The highest BCUT2D eigenvalue weighted by Crippen LogP contribution is 2.20. The molecule has 0 atom stereocenters. The van der Waals surface area contributed by atoms with Crippen LogP contribution in [0.2, 0.25) is 0 Å². The van der Waals surface area contributed by atoms with Gasteiger partial charge in [0, 0.05) is 11.4 Å². The van der Waals surface area contributed by atoms with Gasteiger partial charge in [0.25, 0.3) is 5.91 Å². The van der Waals surface area contributed by atoms with Gasteiger partial charge in [-0.1, -0.05) is 6.07 Å². The van der Waals surface area contributed by atoms with Gasteiger partial charge in [-0.05, 0) is 75.2 Å². The molecule has 0 bridgehead atoms. The van der Waals surface area contributed by atoms with Gasteiger partial charge in [0.15, 0.2) is 0 Å². The molecule has 0 saturated heterocycles. The summed E-state index contributed by atoms with van der Waals surface area (Å²) in [5.41, 5.74) is 4.04. The Balaban J connectivity index is 1.63. The zero-order chi connectivity index (χ0) is 20.1. The lowest BCUT2D eigenvalue weighted by atomic mass is 10.1. The lowest BCUT2D eigenvalue weighted by Gasteiger charge is -2.11. The van der Waals surface area contributed by atoms with Crippen LogP contribution in [0, 0.1) is 13.8 Å². The minimum absolute atomic E-state index is 0.132. The zero-order valence-corrected chi connectivity index (χ0v) is 16.5. The Hall–Kier alpha value is -3.41. The number of amides is 1. The van der Waals surface area contributed by atoms with Gasteiger partial charge in [-0.3, -0.25) is 4.79 Å². The first-order chi connectivity index (χ1) is 13.4. The van der Waals surface area contributed by atoms with E-state index in [-0.39, 0.29) is 17.7 Å². The normalized spacial score (nSPS) is 10.6. The molecular weight excluding hydrogens is 352 g/mol. The number of aryl methyl sites for hydroxylation is 2. The van der Waals surface area contributed by atoms with Crippen molar-refractivity contribution in [3.8, 4) is 5.75 Å². The Morgan fingerprint density at radius 2 is 1.61 bits per heavy atom. The maximum Gasteiger partial charge on any atom is 0.275 e. The van der Waals surface area contributed by atoms with E-state index in [1.165, 1.54) is 12.4 Å². The smallest absolute Gasteiger partial charge is 0.275 e. The van der Waals surface area contributed by atoms with Crippen LogP contribution in [0.5, 0.6) is 5.75 Å². The molecule has 0 aliphatic heterocycles. The van der Waals surface area contributed by atoms with Gasteiger partial charge in [-0.15, -0.1) is 0 Å². The van der Waals surface area contributed by atoms with Crippen LogP contribution in [0.1, 0.15) is 35.5 Å². The van der Waals surface area contributed by atoms with Gasteiger partial charge < -0.3 is 15.4 Å². The van der Waals surface area contributed by atoms with Crippen molar-refractivity contribution in [2.75, 3.05) is 10.6 Å². The summed E-state index contributed by atoms with van der Waals surface area (Å²) in [6, 6.07) is 13.5. The molecule has 6 heteroatoms. The van der Waals surface area contributed by atoms with Crippen molar-refractivity contribution < 1.29 is 9.53 Å². The first kappa shape index (κ1) is 19.4. The average molecular weight is 376 g/mol. The second-order valence-corrected chi connectivity index (χ2v) is 6.93. The first-order valence-corrected chi connectivity index (χ1v) is 9.14. The van der Waals surface area contributed by atoms with Crippen LogP contribution < -0.4 is 15.4 Å². The Bertz CT molecular complexity index is 931. The summed E-state index contributed by atoms with van der Waals surface area (Å²) in [4.78, 5) is 20.9. The molecular formula is C22H24N4O2. The van der Waals surface area contributed by atoms with Gasteiger partial charge in [-0.25, -0.2) is 9.97 Å². The van der Waals surface area contributed by atoms with E-state index >= 15 is 0 Å². The maximum absolute atomic E-state index is 12.4. The fraction of sp³-hybridized carbons (Fsp3) is 0.227. The summed E-state index contributed by atoms with van der Waals surface area (Å²) in [5, 5.41) is 6.01. The summed E-state index contributed by atoms with van der Waals surface area (Å²) >= 11 is 0. The standard InChI is InChI=1S/C22H24N4O2/c1-14(2)28-19-7-5-17(6-8-19)25-21-13-23-20(12-24-21)22(27)26-18-10-15(3)9-16(4)11-18/h5-14H,1-4H3,(H,24,25)(H,26,27). The summed E-state index contributed by atoms with van der Waals surface area (Å²) in [5.74, 6) is 1.07.